The molecule has 0 amide bonds. The minimum absolute atomic E-state index is 0.501. The summed E-state index contributed by atoms with van der Waals surface area (Å²) in [5.74, 6) is 1.26. The Balaban J connectivity index is 1.58. The minimum Gasteiger partial charge on any atom is -0.361 e. The molecule has 126 valence electrons. The van der Waals surface area contributed by atoms with Gasteiger partial charge in [-0.25, -0.2) is 4.98 Å². The predicted molar refractivity (Wildman–Crippen MR) is 103 cm³/mol. The summed E-state index contributed by atoms with van der Waals surface area (Å²) in [6, 6.07) is 16.2. The molecule has 0 fully saturated rings. The predicted octanol–water partition coefficient (Wildman–Crippen LogP) is 4.02. The number of fused-ring (bicyclic) bond motifs is 2. The van der Waals surface area contributed by atoms with Crippen molar-refractivity contribution in [2.24, 2.45) is 0 Å². The number of aromatic amines is 1. The van der Waals surface area contributed by atoms with Gasteiger partial charge >= 0.3 is 0 Å². The summed E-state index contributed by atoms with van der Waals surface area (Å²) < 4.78 is 2.75. The van der Waals surface area contributed by atoms with Crippen LogP contribution in [0.25, 0.3) is 27.9 Å². The Morgan fingerprint density at radius 2 is 1.85 bits per heavy atom. The Bertz CT molecular complexity index is 1220. The number of aromatic nitrogens is 6. The lowest BCUT2D eigenvalue weighted by Crippen LogP contribution is -2.02. The summed E-state index contributed by atoms with van der Waals surface area (Å²) in [4.78, 5) is 7.69. The second-order valence-corrected chi connectivity index (χ2v) is 6.93. The number of benzene rings is 2. The fourth-order valence-electron chi connectivity index (χ4n) is 3.05. The van der Waals surface area contributed by atoms with Crippen molar-refractivity contribution in [2.75, 3.05) is 0 Å². The highest BCUT2D eigenvalue weighted by Crippen LogP contribution is 2.22. The first-order chi connectivity index (χ1) is 12.8. The average Bonchev–Trinajstić information content (AvgIpc) is 3.27. The number of halogens is 1. The third-order valence-electron chi connectivity index (χ3n) is 4.36. The fraction of sp³-hybridized carbons (Fsp3) is 0.0526. The quantitative estimate of drug-likeness (QED) is 0.492. The van der Waals surface area contributed by atoms with Crippen LogP contribution < -0.4 is 0 Å². The van der Waals surface area contributed by atoms with E-state index in [9.17, 15) is 0 Å². The smallest absolute Gasteiger partial charge is 0.271 e. The van der Waals surface area contributed by atoms with E-state index >= 15 is 0 Å². The van der Waals surface area contributed by atoms with Crippen molar-refractivity contribution in [2.45, 2.75) is 6.42 Å². The number of para-hydroxylation sites is 1. The van der Waals surface area contributed by atoms with Gasteiger partial charge in [-0.1, -0.05) is 46.3 Å². The van der Waals surface area contributed by atoms with Crippen LogP contribution in [0, 0.1) is 0 Å². The van der Waals surface area contributed by atoms with E-state index in [1.807, 2.05) is 42.6 Å². The molecule has 0 spiro atoms. The zero-order valence-electron chi connectivity index (χ0n) is 13.6. The van der Waals surface area contributed by atoms with Crippen LogP contribution in [0.3, 0.4) is 0 Å². The zero-order valence-corrected chi connectivity index (χ0v) is 15.2. The molecule has 0 bridgehead atoms. The molecular formula is C19H13BrN6. The van der Waals surface area contributed by atoms with Crippen molar-refractivity contribution in [3.8, 4) is 11.3 Å². The van der Waals surface area contributed by atoms with Gasteiger partial charge in [0, 0.05) is 33.6 Å². The molecule has 26 heavy (non-hydrogen) atoms. The summed E-state index contributed by atoms with van der Waals surface area (Å²) in [7, 11) is 0. The monoisotopic (exact) mass is 404 g/mol. The molecule has 3 aromatic heterocycles. The number of H-pyrrole nitrogens is 1. The van der Waals surface area contributed by atoms with Crippen LogP contribution >= 0.6 is 15.9 Å². The Labute approximate surface area is 157 Å². The van der Waals surface area contributed by atoms with E-state index in [1.165, 1.54) is 5.39 Å². The van der Waals surface area contributed by atoms with Gasteiger partial charge in [-0.05, 0) is 23.8 Å². The van der Waals surface area contributed by atoms with Crippen LogP contribution in [0.2, 0.25) is 0 Å². The Morgan fingerprint density at radius 1 is 1.00 bits per heavy atom. The van der Waals surface area contributed by atoms with Crippen LogP contribution in [0.15, 0.2) is 65.4 Å². The summed E-state index contributed by atoms with van der Waals surface area (Å²) in [5.41, 5.74) is 4.04. The third kappa shape index (κ3) is 2.57. The second kappa shape index (κ2) is 6.03. The highest BCUT2D eigenvalue weighted by Gasteiger charge is 2.13. The van der Waals surface area contributed by atoms with Gasteiger partial charge in [-0.2, -0.15) is 9.61 Å². The molecule has 2 aromatic carbocycles. The third-order valence-corrected chi connectivity index (χ3v) is 4.89. The van der Waals surface area contributed by atoms with Gasteiger partial charge in [-0.15, -0.1) is 10.2 Å². The van der Waals surface area contributed by atoms with Crippen LogP contribution in [0.1, 0.15) is 11.4 Å². The van der Waals surface area contributed by atoms with Gasteiger partial charge in [0.15, 0.2) is 5.82 Å². The van der Waals surface area contributed by atoms with Crippen LogP contribution in [0.4, 0.5) is 0 Å². The van der Waals surface area contributed by atoms with Gasteiger partial charge in [0.1, 0.15) is 5.69 Å². The van der Waals surface area contributed by atoms with Gasteiger partial charge < -0.3 is 4.98 Å². The van der Waals surface area contributed by atoms with E-state index in [-0.39, 0.29) is 0 Å². The van der Waals surface area contributed by atoms with Crippen LogP contribution in [-0.2, 0) is 6.42 Å². The van der Waals surface area contributed by atoms with Crippen LogP contribution in [-0.4, -0.2) is 29.8 Å². The van der Waals surface area contributed by atoms with Crippen molar-refractivity contribution >= 4 is 32.6 Å². The summed E-state index contributed by atoms with van der Waals surface area (Å²) in [6.45, 7) is 0. The van der Waals surface area contributed by atoms with Crippen molar-refractivity contribution in [3.05, 3.63) is 76.8 Å². The normalized spacial score (nSPS) is 11.4. The Morgan fingerprint density at radius 3 is 2.73 bits per heavy atom. The lowest BCUT2D eigenvalue weighted by atomic mass is 10.1. The highest BCUT2D eigenvalue weighted by molar-refractivity contribution is 9.10. The molecule has 0 aliphatic rings. The fourth-order valence-corrected chi connectivity index (χ4v) is 3.31. The molecule has 0 aliphatic heterocycles. The van der Waals surface area contributed by atoms with E-state index in [4.69, 9.17) is 5.10 Å². The lowest BCUT2D eigenvalue weighted by Gasteiger charge is -2.03. The Kier molecular flexibility index (Phi) is 3.53. The van der Waals surface area contributed by atoms with Gasteiger partial charge in [0.2, 0.25) is 0 Å². The number of nitrogens with one attached hydrogen (secondary N) is 1. The largest absolute Gasteiger partial charge is 0.361 e. The van der Waals surface area contributed by atoms with Crippen molar-refractivity contribution < 1.29 is 0 Å². The molecule has 6 nitrogen and oxygen atoms in total. The molecule has 5 aromatic rings. The van der Waals surface area contributed by atoms with Gasteiger partial charge in [0.25, 0.3) is 5.78 Å². The van der Waals surface area contributed by atoms with Crippen molar-refractivity contribution in [1.29, 1.82) is 0 Å². The molecule has 0 saturated carbocycles. The average molecular weight is 405 g/mol. The SMILES string of the molecule is Brc1ccc(-c2cnc3nnc(Cc4c[nH]c5ccccc45)n3n2)cc1. The molecule has 5 rings (SSSR count). The number of rotatable bonds is 3. The zero-order chi connectivity index (χ0) is 17.5. The maximum atomic E-state index is 4.70. The summed E-state index contributed by atoms with van der Waals surface area (Å²) >= 11 is 3.45. The molecule has 7 heteroatoms. The van der Waals surface area contributed by atoms with Crippen molar-refractivity contribution in [3.63, 3.8) is 0 Å². The first-order valence-corrected chi connectivity index (χ1v) is 8.95. The van der Waals surface area contributed by atoms with E-state index in [1.54, 1.807) is 10.7 Å². The highest BCUT2D eigenvalue weighted by atomic mass is 79.9. The maximum Gasteiger partial charge on any atom is 0.271 e. The standard InChI is InChI=1S/C19H13BrN6/c20-14-7-5-12(6-8-14)17-11-22-19-24-23-18(26(19)25-17)9-13-10-21-16-4-2-1-3-15(13)16/h1-8,10-11,21H,9H2. The summed E-state index contributed by atoms with van der Waals surface area (Å²) in [6.07, 6.45) is 4.37. The molecule has 0 radical (unpaired) electrons. The Hall–Kier alpha value is -3.06. The maximum absolute atomic E-state index is 4.70. The van der Waals surface area contributed by atoms with Crippen molar-refractivity contribution in [1.82, 2.24) is 29.8 Å². The second-order valence-electron chi connectivity index (χ2n) is 6.01. The minimum atomic E-state index is 0.501. The van der Waals surface area contributed by atoms with Gasteiger partial charge in [0.05, 0.1) is 6.20 Å². The number of nitrogens with zero attached hydrogens (tertiary/aromatic N) is 5. The summed E-state index contributed by atoms with van der Waals surface area (Å²) in [5, 5.41) is 14.3. The molecule has 1 N–H and O–H groups in total. The lowest BCUT2D eigenvalue weighted by molar-refractivity contribution is 0.832. The number of hydrogen-bond acceptors (Lipinski definition) is 4. The van der Waals surface area contributed by atoms with E-state index < -0.39 is 0 Å². The molecule has 0 unspecified atom stereocenters. The molecule has 3 heterocycles. The van der Waals surface area contributed by atoms with E-state index in [0.717, 1.165) is 32.6 Å². The van der Waals surface area contributed by atoms with E-state index in [2.05, 4.69) is 48.2 Å². The van der Waals surface area contributed by atoms with Crippen LogP contribution in [0.5, 0.6) is 0 Å². The topological polar surface area (TPSA) is 71.8 Å². The first-order valence-electron chi connectivity index (χ1n) is 8.16. The first kappa shape index (κ1) is 15.2. The number of hydrogen-bond donors (Lipinski definition) is 1. The molecule has 0 saturated heterocycles. The van der Waals surface area contributed by atoms with E-state index in [0.29, 0.717) is 12.2 Å². The molecule has 0 aliphatic carbocycles. The molecular weight excluding hydrogens is 392 g/mol. The van der Waals surface area contributed by atoms with Gasteiger partial charge in [-0.3, -0.25) is 0 Å². The molecule has 0 atom stereocenters.